The molecule has 51 heavy (non-hydrogen) atoms. The van der Waals surface area contributed by atoms with Crippen LogP contribution in [0.25, 0.3) is 93.6 Å². The van der Waals surface area contributed by atoms with Crippen LogP contribution in [-0.2, 0) is 0 Å². The van der Waals surface area contributed by atoms with Gasteiger partial charge in [0.2, 0.25) is 0 Å². The van der Waals surface area contributed by atoms with Gasteiger partial charge in [-0.05, 0) is 78.4 Å². The summed E-state index contributed by atoms with van der Waals surface area (Å²) in [4.78, 5) is 0. The van der Waals surface area contributed by atoms with Crippen molar-refractivity contribution in [2.75, 3.05) is 0 Å². The molecule has 0 N–H and O–H groups in total. The third-order valence-corrected chi connectivity index (χ3v) is 10.6. The summed E-state index contributed by atoms with van der Waals surface area (Å²) in [5.41, 5.74) is 13.0. The van der Waals surface area contributed by atoms with Crippen LogP contribution < -0.4 is 0 Å². The van der Waals surface area contributed by atoms with Crippen LogP contribution in [0.4, 0.5) is 0 Å². The Hall–Kier alpha value is -6.84. The Morgan fingerprint density at radius 3 is 1.18 bits per heavy atom. The second-order valence-corrected chi connectivity index (χ2v) is 13.4. The molecule has 0 fully saturated rings. The van der Waals surface area contributed by atoms with Gasteiger partial charge in [0.25, 0.3) is 0 Å². The van der Waals surface area contributed by atoms with Crippen molar-refractivity contribution in [1.29, 1.82) is 0 Å². The third kappa shape index (κ3) is 4.06. The lowest BCUT2D eigenvalue weighted by molar-refractivity contribution is 1.16. The van der Waals surface area contributed by atoms with Crippen molar-refractivity contribution >= 4 is 65.4 Å². The molecule has 0 spiro atoms. The lowest BCUT2D eigenvalue weighted by Gasteiger charge is -2.17. The van der Waals surface area contributed by atoms with Gasteiger partial charge >= 0.3 is 0 Å². The highest BCUT2D eigenvalue weighted by Gasteiger charge is 2.21. The average Bonchev–Trinajstić information content (AvgIpc) is 3.83. The second kappa shape index (κ2) is 10.8. The van der Waals surface area contributed by atoms with Gasteiger partial charge in [-0.15, -0.1) is 0 Å². The summed E-state index contributed by atoms with van der Waals surface area (Å²) in [6, 6.07) is 68.5. The molecule has 3 heteroatoms. The van der Waals surface area contributed by atoms with E-state index in [1.54, 1.807) is 0 Å². The van der Waals surface area contributed by atoms with E-state index in [9.17, 15) is 0 Å². The minimum atomic E-state index is 1.15. The predicted octanol–water partition coefficient (Wildman–Crippen LogP) is 12.6. The van der Waals surface area contributed by atoms with Gasteiger partial charge in [0.05, 0.1) is 38.8 Å². The van der Waals surface area contributed by atoms with Crippen molar-refractivity contribution in [1.82, 2.24) is 13.7 Å². The van der Waals surface area contributed by atoms with Crippen molar-refractivity contribution < 1.29 is 0 Å². The minimum absolute atomic E-state index is 1.15. The van der Waals surface area contributed by atoms with Crippen LogP contribution >= 0.6 is 0 Å². The molecule has 0 aliphatic carbocycles. The van der Waals surface area contributed by atoms with Crippen LogP contribution in [0.1, 0.15) is 0 Å². The number of hydrogen-bond acceptors (Lipinski definition) is 0. The minimum Gasteiger partial charge on any atom is -0.309 e. The first kappa shape index (κ1) is 28.0. The number of hydrogen-bond donors (Lipinski definition) is 0. The zero-order chi connectivity index (χ0) is 33.5. The van der Waals surface area contributed by atoms with Crippen molar-refractivity contribution in [3.05, 3.63) is 188 Å². The van der Waals surface area contributed by atoms with Crippen LogP contribution in [0, 0.1) is 0 Å². The summed E-state index contributed by atoms with van der Waals surface area (Å²) in [5.74, 6) is 0. The predicted molar refractivity (Wildman–Crippen MR) is 215 cm³/mol. The lowest BCUT2D eigenvalue weighted by atomic mass is 9.98. The summed E-state index contributed by atoms with van der Waals surface area (Å²) in [5, 5.41) is 7.48. The molecule has 3 heterocycles. The van der Waals surface area contributed by atoms with E-state index < -0.39 is 0 Å². The molecule has 0 bridgehead atoms. The molecule has 11 aromatic rings. The van der Waals surface area contributed by atoms with Gasteiger partial charge in [0.15, 0.2) is 0 Å². The number of aromatic nitrogens is 3. The van der Waals surface area contributed by atoms with Crippen LogP contribution in [0.15, 0.2) is 188 Å². The Balaban J connectivity index is 1.29. The third-order valence-electron chi connectivity index (χ3n) is 10.6. The van der Waals surface area contributed by atoms with Crippen LogP contribution in [-0.4, -0.2) is 13.7 Å². The average molecular weight is 650 g/mol. The van der Waals surface area contributed by atoms with Gasteiger partial charge < -0.3 is 13.7 Å². The van der Waals surface area contributed by atoms with Gasteiger partial charge in [-0.2, -0.15) is 0 Å². The maximum Gasteiger partial charge on any atom is 0.0562 e. The maximum atomic E-state index is 2.48. The molecule has 11 rings (SSSR count). The number of rotatable bonds is 4. The highest BCUT2D eigenvalue weighted by atomic mass is 15.0. The van der Waals surface area contributed by atoms with Gasteiger partial charge in [-0.25, -0.2) is 0 Å². The Kier molecular flexibility index (Phi) is 5.96. The first-order chi connectivity index (χ1) is 25.3. The molecular formula is C48H31N3. The molecule has 0 aliphatic rings. The summed E-state index contributed by atoms with van der Waals surface area (Å²) in [6.07, 6.45) is 0. The zero-order valence-electron chi connectivity index (χ0n) is 27.7. The van der Waals surface area contributed by atoms with Crippen LogP contribution in [0.3, 0.4) is 0 Å². The summed E-state index contributed by atoms with van der Waals surface area (Å²) < 4.78 is 7.28. The van der Waals surface area contributed by atoms with Crippen molar-refractivity contribution in [3.8, 4) is 28.2 Å². The van der Waals surface area contributed by atoms with Crippen LogP contribution in [0.5, 0.6) is 0 Å². The topological polar surface area (TPSA) is 14.8 Å². The number of benzene rings is 8. The van der Waals surface area contributed by atoms with E-state index in [2.05, 4.69) is 202 Å². The molecule has 8 aromatic carbocycles. The largest absolute Gasteiger partial charge is 0.309 e. The Labute approximate surface area is 294 Å². The van der Waals surface area contributed by atoms with Gasteiger partial charge in [0.1, 0.15) is 0 Å². The van der Waals surface area contributed by atoms with E-state index in [1.807, 2.05) is 0 Å². The molecule has 0 radical (unpaired) electrons. The van der Waals surface area contributed by atoms with Gasteiger partial charge in [-0.3, -0.25) is 0 Å². The zero-order valence-corrected chi connectivity index (χ0v) is 27.7. The van der Waals surface area contributed by atoms with E-state index >= 15 is 0 Å². The highest BCUT2D eigenvalue weighted by molar-refractivity contribution is 6.15. The fourth-order valence-corrected chi connectivity index (χ4v) is 8.45. The van der Waals surface area contributed by atoms with E-state index in [-0.39, 0.29) is 0 Å². The smallest absolute Gasteiger partial charge is 0.0562 e. The van der Waals surface area contributed by atoms with E-state index in [0.717, 1.165) is 17.1 Å². The number of fused-ring (bicyclic) bond motifs is 9. The molecule has 0 atom stereocenters. The first-order valence-electron chi connectivity index (χ1n) is 17.5. The molecule has 238 valence electrons. The van der Waals surface area contributed by atoms with E-state index in [1.165, 1.54) is 76.5 Å². The Morgan fingerprint density at radius 1 is 0.255 bits per heavy atom. The van der Waals surface area contributed by atoms with Gasteiger partial charge in [0, 0.05) is 49.3 Å². The molecule has 0 unspecified atom stereocenters. The molecular weight excluding hydrogens is 619 g/mol. The first-order valence-corrected chi connectivity index (χ1v) is 17.5. The standard InChI is InChI=1S/C48H31N3/c1-3-15-33(16-4-1)49-42-23-11-9-21-37(42)40-29-32(27-28-46(40)49)39-30-41-38-22-10-12-24-43(38)50(34-17-5-2-6-18-34)48(41)31-47(39)51-44-25-13-7-19-35(44)36-20-8-14-26-45(36)51/h1-31H. The summed E-state index contributed by atoms with van der Waals surface area (Å²) in [6.45, 7) is 0. The fourth-order valence-electron chi connectivity index (χ4n) is 8.45. The molecule has 0 aliphatic heterocycles. The lowest BCUT2D eigenvalue weighted by Crippen LogP contribution is -2.00. The molecule has 0 saturated heterocycles. The van der Waals surface area contributed by atoms with Crippen molar-refractivity contribution in [2.45, 2.75) is 0 Å². The number of para-hydroxylation sites is 6. The molecule has 0 saturated carbocycles. The number of nitrogens with zero attached hydrogens (tertiary/aromatic N) is 3. The summed E-state index contributed by atoms with van der Waals surface area (Å²) >= 11 is 0. The monoisotopic (exact) mass is 649 g/mol. The quantitative estimate of drug-likeness (QED) is 0.180. The van der Waals surface area contributed by atoms with E-state index in [0.29, 0.717) is 0 Å². The second-order valence-electron chi connectivity index (χ2n) is 13.4. The normalized spacial score (nSPS) is 11.9. The van der Waals surface area contributed by atoms with Crippen molar-refractivity contribution in [3.63, 3.8) is 0 Å². The molecule has 3 nitrogen and oxygen atoms in total. The van der Waals surface area contributed by atoms with Gasteiger partial charge in [-0.1, -0.05) is 115 Å². The molecule has 0 amide bonds. The highest BCUT2D eigenvalue weighted by Crippen LogP contribution is 2.43. The molecule has 3 aromatic heterocycles. The maximum absolute atomic E-state index is 2.48. The SMILES string of the molecule is c1ccc(-n2c3ccccc3c3cc(-c4cc5c6ccccc6n(-c6ccccc6)c5cc4-n4c5ccccc5c5ccccc54)ccc32)cc1. The Bertz CT molecular complexity index is 3070. The Morgan fingerprint density at radius 2 is 0.647 bits per heavy atom. The van der Waals surface area contributed by atoms with E-state index in [4.69, 9.17) is 0 Å². The van der Waals surface area contributed by atoms with Crippen LogP contribution in [0.2, 0.25) is 0 Å². The fraction of sp³-hybridized carbons (Fsp3) is 0. The van der Waals surface area contributed by atoms with Crippen molar-refractivity contribution in [2.24, 2.45) is 0 Å². The summed E-state index contributed by atoms with van der Waals surface area (Å²) in [7, 11) is 0.